The second-order valence-electron chi connectivity index (χ2n) is 4.24. The minimum absolute atomic E-state index is 0.0159. The summed E-state index contributed by atoms with van der Waals surface area (Å²) in [6.45, 7) is 0.717. The second kappa shape index (κ2) is 6.65. The number of amides is 1. The van der Waals surface area contributed by atoms with E-state index in [1.807, 2.05) is 30.3 Å². The van der Waals surface area contributed by atoms with Crippen LogP contribution < -0.4 is 4.74 Å². The van der Waals surface area contributed by atoms with Crippen molar-refractivity contribution in [2.45, 2.75) is 0 Å². The van der Waals surface area contributed by atoms with Gasteiger partial charge in [-0.3, -0.25) is 9.78 Å². The Morgan fingerprint density at radius 3 is 2.75 bits per heavy atom. The van der Waals surface area contributed by atoms with E-state index < -0.39 is 5.82 Å². The summed E-state index contributed by atoms with van der Waals surface area (Å²) in [5, 5.41) is 0. The van der Waals surface area contributed by atoms with Crippen LogP contribution >= 0.6 is 0 Å². The Balaban J connectivity index is 1.87. The maximum Gasteiger partial charge on any atom is 0.256 e. The van der Waals surface area contributed by atoms with Crippen LogP contribution in [0.25, 0.3) is 0 Å². The zero-order valence-corrected chi connectivity index (χ0v) is 11.1. The lowest BCUT2D eigenvalue weighted by Crippen LogP contribution is -2.31. The predicted molar refractivity (Wildman–Crippen MR) is 73.1 cm³/mol. The first-order chi connectivity index (χ1) is 9.68. The number of ether oxygens (including phenoxy) is 1. The van der Waals surface area contributed by atoms with Crippen molar-refractivity contribution in [1.29, 1.82) is 0 Å². The van der Waals surface area contributed by atoms with E-state index in [2.05, 4.69) is 4.98 Å². The number of aromatic nitrogens is 1. The van der Waals surface area contributed by atoms with E-state index in [9.17, 15) is 9.18 Å². The third kappa shape index (κ3) is 3.54. The summed E-state index contributed by atoms with van der Waals surface area (Å²) in [5.41, 5.74) is 0.0159. The van der Waals surface area contributed by atoms with Gasteiger partial charge in [0.15, 0.2) is 5.82 Å². The molecule has 0 saturated heterocycles. The molecule has 20 heavy (non-hydrogen) atoms. The highest BCUT2D eigenvalue weighted by Crippen LogP contribution is 2.09. The van der Waals surface area contributed by atoms with Gasteiger partial charge in [0.05, 0.1) is 18.3 Å². The van der Waals surface area contributed by atoms with Gasteiger partial charge in [-0.05, 0) is 18.2 Å². The molecule has 0 radical (unpaired) electrons. The minimum Gasteiger partial charge on any atom is -0.492 e. The molecular formula is C15H15FN2O2. The highest BCUT2D eigenvalue weighted by atomic mass is 19.1. The van der Waals surface area contributed by atoms with Crippen LogP contribution in [0.4, 0.5) is 4.39 Å². The van der Waals surface area contributed by atoms with E-state index in [1.54, 1.807) is 7.05 Å². The Bertz CT molecular complexity index is 575. The first-order valence-electron chi connectivity index (χ1n) is 6.21. The van der Waals surface area contributed by atoms with Crippen molar-refractivity contribution in [2.24, 2.45) is 0 Å². The van der Waals surface area contributed by atoms with Gasteiger partial charge in [-0.15, -0.1) is 0 Å². The molecule has 0 aliphatic heterocycles. The smallest absolute Gasteiger partial charge is 0.256 e. The van der Waals surface area contributed by atoms with Crippen molar-refractivity contribution in [3.63, 3.8) is 0 Å². The van der Waals surface area contributed by atoms with Crippen LogP contribution in [0.1, 0.15) is 10.4 Å². The van der Waals surface area contributed by atoms with Crippen LogP contribution in [-0.4, -0.2) is 36.0 Å². The standard InChI is InChI=1S/C15H15FN2O2/c1-18(9-10-20-12-5-3-2-4-6-12)15(19)13-7-8-17-11-14(13)16/h2-8,11H,9-10H2,1H3. The van der Waals surface area contributed by atoms with Gasteiger partial charge in [-0.2, -0.15) is 0 Å². The Morgan fingerprint density at radius 2 is 2.05 bits per heavy atom. The Kier molecular flexibility index (Phi) is 4.65. The fourth-order valence-electron chi connectivity index (χ4n) is 1.67. The summed E-state index contributed by atoms with van der Waals surface area (Å²) in [5.74, 6) is -0.265. The summed E-state index contributed by atoms with van der Waals surface area (Å²) in [4.78, 5) is 17.0. The fraction of sp³-hybridized carbons (Fsp3) is 0.200. The maximum atomic E-state index is 13.4. The lowest BCUT2D eigenvalue weighted by Gasteiger charge is -2.17. The molecule has 104 valence electrons. The summed E-state index contributed by atoms with van der Waals surface area (Å²) in [6, 6.07) is 10.7. The molecule has 0 aliphatic carbocycles. The van der Waals surface area contributed by atoms with Gasteiger partial charge in [0.1, 0.15) is 12.4 Å². The van der Waals surface area contributed by atoms with Crippen molar-refractivity contribution < 1.29 is 13.9 Å². The van der Waals surface area contributed by atoms with E-state index >= 15 is 0 Å². The van der Waals surface area contributed by atoms with Crippen molar-refractivity contribution >= 4 is 5.91 Å². The lowest BCUT2D eigenvalue weighted by molar-refractivity contribution is 0.0769. The van der Waals surface area contributed by atoms with Crippen LogP contribution in [0.5, 0.6) is 5.75 Å². The predicted octanol–water partition coefficient (Wildman–Crippen LogP) is 2.37. The van der Waals surface area contributed by atoms with Crippen LogP contribution in [-0.2, 0) is 0 Å². The number of pyridine rings is 1. The molecule has 0 atom stereocenters. The van der Waals surface area contributed by atoms with Gasteiger partial charge in [-0.1, -0.05) is 18.2 Å². The molecule has 1 heterocycles. The highest BCUT2D eigenvalue weighted by molar-refractivity contribution is 5.94. The van der Waals surface area contributed by atoms with Gasteiger partial charge in [0.2, 0.25) is 0 Å². The molecule has 0 fully saturated rings. The number of benzene rings is 1. The number of nitrogens with zero attached hydrogens (tertiary/aromatic N) is 2. The molecule has 1 aromatic carbocycles. The number of hydrogen-bond acceptors (Lipinski definition) is 3. The topological polar surface area (TPSA) is 42.4 Å². The van der Waals surface area contributed by atoms with Gasteiger partial charge in [-0.25, -0.2) is 4.39 Å². The lowest BCUT2D eigenvalue weighted by atomic mass is 10.2. The molecule has 2 aromatic rings. The largest absolute Gasteiger partial charge is 0.492 e. The van der Waals surface area contributed by atoms with E-state index in [-0.39, 0.29) is 11.5 Å². The third-order valence-corrected chi connectivity index (χ3v) is 2.79. The van der Waals surface area contributed by atoms with Crippen LogP contribution in [0, 0.1) is 5.82 Å². The van der Waals surface area contributed by atoms with Crippen molar-refractivity contribution in [3.05, 3.63) is 60.2 Å². The van der Waals surface area contributed by atoms with Crippen LogP contribution in [0.3, 0.4) is 0 Å². The number of halogens is 1. The molecule has 1 amide bonds. The zero-order valence-electron chi connectivity index (χ0n) is 11.1. The number of hydrogen-bond donors (Lipinski definition) is 0. The highest BCUT2D eigenvalue weighted by Gasteiger charge is 2.15. The summed E-state index contributed by atoms with van der Waals surface area (Å²) in [6.07, 6.45) is 2.42. The summed E-state index contributed by atoms with van der Waals surface area (Å²) in [7, 11) is 1.61. The van der Waals surface area contributed by atoms with E-state index in [0.29, 0.717) is 13.2 Å². The van der Waals surface area contributed by atoms with E-state index in [1.165, 1.54) is 17.2 Å². The maximum absolute atomic E-state index is 13.4. The Morgan fingerprint density at radius 1 is 1.30 bits per heavy atom. The quantitative estimate of drug-likeness (QED) is 0.840. The average molecular weight is 274 g/mol. The summed E-state index contributed by atoms with van der Waals surface area (Å²) < 4.78 is 18.9. The van der Waals surface area contributed by atoms with E-state index in [0.717, 1.165) is 11.9 Å². The molecule has 1 aromatic heterocycles. The molecule has 0 N–H and O–H groups in total. The SMILES string of the molecule is CN(CCOc1ccccc1)C(=O)c1ccncc1F. The minimum atomic E-state index is -0.617. The molecule has 0 unspecified atom stereocenters. The van der Waals surface area contributed by atoms with Gasteiger partial charge in [0.25, 0.3) is 5.91 Å². The van der Waals surface area contributed by atoms with Crippen LogP contribution in [0.15, 0.2) is 48.8 Å². The van der Waals surface area contributed by atoms with Crippen LogP contribution in [0.2, 0.25) is 0 Å². The van der Waals surface area contributed by atoms with Gasteiger partial charge < -0.3 is 9.64 Å². The zero-order chi connectivity index (χ0) is 14.4. The molecule has 4 nitrogen and oxygen atoms in total. The number of rotatable bonds is 5. The molecule has 0 bridgehead atoms. The molecule has 2 rings (SSSR count). The number of likely N-dealkylation sites (N-methyl/N-ethyl adjacent to an activating group) is 1. The normalized spacial score (nSPS) is 10.1. The van der Waals surface area contributed by atoms with Crippen molar-refractivity contribution in [1.82, 2.24) is 9.88 Å². The first kappa shape index (κ1) is 14.0. The summed E-state index contributed by atoms with van der Waals surface area (Å²) >= 11 is 0. The second-order valence-corrected chi connectivity index (χ2v) is 4.24. The first-order valence-corrected chi connectivity index (χ1v) is 6.21. The monoisotopic (exact) mass is 274 g/mol. The Hall–Kier alpha value is -2.43. The molecule has 5 heteroatoms. The Labute approximate surface area is 116 Å². The molecular weight excluding hydrogens is 259 g/mol. The van der Waals surface area contributed by atoms with Gasteiger partial charge >= 0.3 is 0 Å². The van der Waals surface area contributed by atoms with Crippen molar-refractivity contribution in [2.75, 3.05) is 20.2 Å². The number of para-hydroxylation sites is 1. The fourth-order valence-corrected chi connectivity index (χ4v) is 1.67. The van der Waals surface area contributed by atoms with Crippen molar-refractivity contribution in [3.8, 4) is 5.75 Å². The van der Waals surface area contributed by atoms with Gasteiger partial charge in [0, 0.05) is 13.2 Å². The average Bonchev–Trinajstić information content (AvgIpc) is 2.48. The number of carbonyl (C=O) groups excluding carboxylic acids is 1. The molecule has 0 saturated carbocycles. The molecule has 0 aliphatic rings. The molecule has 0 spiro atoms. The third-order valence-electron chi connectivity index (χ3n) is 2.79. The van der Waals surface area contributed by atoms with E-state index in [4.69, 9.17) is 4.74 Å². The number of carbonyl (C=O) groups is 1.